The lowest BCUT2D eigenvalue weighted by molar-refractivity contribution is 0.0648. The second kappa shape index (κ2) is 6.51. The van der Waals surface area contributed by atoms with Gasteiger partial charge in [-0.2, -0.15) is 0 Å². The Balaban J connectivity index is 2.22. The Labute approximate surface area is 123 Å². The maximum Gasteiger partial charge on any atom is 0.273 e. The minimum atomic E-state index is 0.0630. The van der Waals surface area contributed by atoms with Crippen LogP contribution in [0.4, 0.5) is 0 Å². The molecule has 104 valence electrons. The Bertz CT molecular complexity index is 442. The minimum absolute atomic E-state index is 0.0630. The molecule has 0 N–H and O–H groups in total. The smallest absolute Gasteiger partial charge is 0.273 e. The number of carbonyl (C=O) groups excluding carboxylic acids is 1. The maximum absolute atomic E-state index is 12.7. The van der Waals surface area contributed by atoms with Crippen molar-refractivity contribution in [2.75, 3.05) is 6.54 Å². The van der Waals surface area contributed by atoms with Gasteiger partial charge in [-0.1, -0.05) is 26.7 Å². The van der Waals surface area contributed by atoms with E-state index in [1.54, 1.807) is 6.20 Å². The molecule has 1 aliphatic carbocycles. The number of hydrogen-bond acceptors (Lipinski definition) is 2. The van der Waals surface area contributed by atoms with Gasteiger partial charge in [-0.25, -0.2) is 4.98 Å². The van der Waals surface area contributed by atoms with E-state index in [2.05, 4.69) is 34.8 Å². The van der Waals surface area contributed by atoms with Crippen LogP contribution in [-0.2, 0) is 0 Å². The molecule has 3 nitrogen and oxygen atoms in total. The maximum atomic E-state index is 12.7. The first-order chi connectivity index (χ1) is 9.09. The number of rotatable bonds is 4. The van der Waals surface area contributed by atoms with Crippen LogP contribution in [0.5, 0.6) is 0 Å². The number of pyridine rings is 1. The van der Waals surface area contributed by atoms with Crippen molar-refractivity contribution in [3.8, 4) is 0 Å². The average Bonchev–Trinajstić information content (AvgIpc) is 2.89. The summed E-state index contributed by atoms with van der Waals surface area (Å²) in [5.41, 5.74) is 0.537. The molecule has 0 bridgehead atoms. The molecular formula is C15H21BrN2O. The Morgan fingerprint density at radius 3 is 2.74 bits per heavy atom. The van der Waals surface area contributed by atoms with Crippen LogP contribution in [0, 0.1) is 5.92 Å². The predicted molar refractivity (Wildman–Crippen MR) is 80.1 cm³/mol. The van der Waals surface area contributed by atoms with E-state index in [1.165, 1.54) is 12.8 Å². The van der Waals surface area contributed by atoms with Crippen molar-refractivity contribution in [1.82, 2.24) is 9.88 Å². The van der Waals surface area contributed by atoms with E-state index in [9.17, 15) is 4.79 Å². The van der Waals surface area contributed by atoms with Gasteiger partial charge in [0, 0.05) is 23.3 Å². The third kappa shape index (κ3) is 3.56. The van der Waals surface area contributed by atoms with Crippen molar-refractivity contribution < 1.29 is 4.79 Å². The second-order valence-electron chi connectivity index (χ2n) is 5.62. The van der Waals surface area contributed by atoms with Crippen LogP contribution >= 0.6 is 15.9 Å². The zero-order chi connectivity index (χ0) is 13.8. The fraction of sp³-hybridized carbons (Fsp3) is 0.600. The van der Waals surface area contributed by atoms with E-state index in [1.807, 2.05) is 17.0 Å². The highest BCUT2D eigenvalue weighted by atomic mass is 79.9. The van der Waals surface area contributed by atoms with Gasteiger partial charge >= 0.3 is 0 Å². The molecule has 1 aromatic heterocycles. The molecule has 0 atom stereocenters. The molecule has 0 unspecified atom stereocenters. The van der Waals surface area contributed by atoms with E-state index in [0.717, 1.165) is 23.9 Å². The molecule has 0 aromatic carbocycles. The standard InChI is InChI=1S/C15H21BrN2O/c1-11(2)10-18(12-6-3-4-7-12)15(19)14-13(16)8-5-9-17-14/h5,8-9,11-12H,3-4,6-7,10H2,1-2H3. The molecular weight excluding hydrogens is 304 g/mol. The summed E-state index contributed by atoms with van der Waals surface area (Å²) in [7, 11) is 0. The summed E-state index contributed by atoms with van der Waals surface area (Å²) < 4.78 is 0.784. The van der Waals surface area contributed by atoms with Gasteiger partial charge in [0.25, 0.3) is 5.91 Å². The Morgan fingerprint density at radius 1 is 1.47 bits per heavy atom. The Kier molecular flexibility index (Phi) is 4.97. The topological polar surface area (TPSA) is 33.2 Å². The highest BCUT2D eigenvalue weighted by Gasteiger charge is 2.29. The van der Waals surface area contributed by atoms with Crippen LogP contribution in [-0.4, -0.2) is 28.4 Å². The molecule has 0 spiro atoms. The van der Waals surface area contributed by atoms with Gasteiger partial charge in [-0.15, -0.1) is 0 Å². The van der Waals surface area contributed by atoms with E-state index < -0.39 is 0 Å². The zero-order valence-electron chi connectivity index (χ0n) is 11.6. The number of aromatic nitrogens is 1. The largest absolute Gasteiger partial charge is 0.334 e. The summed E-state index contributed by atoms with van der Waals surface area (Å²) in [6.07, 6.45) is 6.40. The first-order valence-corrected chi connectivity index (χ1v) is 7.80. The molecule has 2 rings (SSSR count). The molecule has 1 aliphatic rings. The van der Waals surface area contributed by atoms with Gasteiger partial charge in [0.2, 0.25) is 0 Å². The van der Waals surface area contributed by atoms with Crippen LogP contribution in [0.15, 0.2) is 22.8 Å². The molecule has 1 heterocycles. The number of amides is 1. The van der Waals surface area contributed by atoms with Crippen LogP contribution in [0.25, 0.3) is 0 Å². The molecule has 1 aromatic rings. The van der Waals surface area contributed by atoms with E-state index in [0.29, 0.717) is 17.7 Å². The summed E-state index contributed by atoms with van der Waals surface area (Å²) in [6.45, 7) is 5.12. The minimum Gasteiger partial charge on any atom is -0.334 e. The van der Waals surface area contributed by atoms with Crippen LogP contribution in [0.1, 0.15) is 50.0 Å². The van der Waals surface area contributed by atoms with E-state index >= 15 is 0 Å². The predicted octanol–water partition coefficient (Wildman–Crippen LogP) is 3.88. The van der Waals surface area contributed by atoms with Crippen LogP contribution < -0.4 is 0 Å². The summed E-state index contributed by atoms with van der Waals surface area (Å²) in [5, 5.41) is 0. The number of nitrogens with zero attached hydrogens (tertiary/aromatic N) is 2. The van der Waals surface area contributed by atoms with Crippen LogP contribution in [0.2, 0.25) is 0 Å². The molecule has 0 radical (unpaired) electrons. The van der Waals surface area contributed by atoms with Gasteiger partial charge in [-0.3, -0.25) is 4.79 Å². The lowest BCUT2D eigenvalue weighted by atomic mass is 10.1. The highest BCUT2D eigenvalue weighted by molar-refractivity contribution is 9.10. The lowest BCUT2D eigenvalue weighted by Gasteiger charge is -2.30. The molecule has 4 heteroatoms. The Hall–Kier alpha value is -0.900. The normalized spacial score (nSPS) is 16.0. The van der Waals surface area contributed by atoms with Crippen molar-refractivity contribution in [3.63, 3.8) is 0 Å². The molecule has 1 fully saturated rings. The summed E-state index contributed by atoms with van der Waals surface area (Å²) in [5.74, 6) is 0.542. The van der Waals surface area contributed by atoms with Crippen molar-refractivity contribution in [2.24, 2.45) is 5.92 Å². The average molecular weight is 325 g/mol. The molecule has 1 amide bonds. The lowest BCUT2D eigenvalue weighted by Crippen LogP contribution is -2.41. The van der Waals surface area contributed by atoms with Crippen molar-refractivity contribution in [2.45, 2.75) is 45.6 Å². The third-order valence-electron chi connectivity index (χ3n) is 3.55. The van der Waals surface area contributed by atoms with Gasteiger partial charge < -0.3 is 4.90 Å². The Morgan fingerprint density at radius 2 is 2.16 bits per heavy atom. The number of halogens is 1. The fourth-order valence-electron chi connectivity index (χ4n) is 2.69. The quantitative estimate of drug-likeness (QED) is 0.841. The second-order valence-corrected chi connectivity index (χ2v) is 6.48. The molecule has 19 heavy (non-hydrogen) atoms. The SMILES string of the molecule is CC(C)CN(C(=O)c1ncccc1Br)C1CCCC1. The van der Waals surface area contributed by atoms with Crippen LogP contribution in [0.3, 0.4) is 0 Å². The monoisotopic (exact) mass is 324 g/mol. The first kappa shape index (κ1) is 14.5. The van der Waals surface area contributed by atoms with Gasteiger partial charge in [0.05, 0.1) is 0 Å². The van der Waals surface area contributed by atoms with Crippen molar-refractivity contribution in [1.29, 1.82) is 0 Å². The third-order valence-corrected chi connectivity index (χ3v) is 4.19. The molecule has 1 saturated carbocycles. The van der Waals surface area contributed by atoms with Gasteiger partial charge in [-0.05, 0) is 46.8 Å². The molecule has 0 saturated heterocycles. The molecule has 0 aliphatic heterocycles. The summed E-state index contributed by atoms with van der Waals surface area (Å²) >= 11 is 3.43. The fourth-order valence-corrected chi connectivity index (χ4v) is 3.11. The van der Waals surface area contributed by atoms with E-state index in [-0.39, 0.29) is 5.91 Å². The highest BCUT2D eigenvalue weighted by Crippen LogP contribution is 2.26. The van der Waals surface area contributed by atoms with E-state index in [4.69, 9.17) is 0 Å². The van der Waals surface area contributed by atoms with Gasteiger partial charge in [0.15, 0.2) is 0 Å². The first-order valence-electron chi connectivity index (χ1n) is 7.01. The summed E-state index contributed by atoms with van der Waals surface area (Å²) in [4.78, 5) is 19.0. The number of hydrogen-bond donors (Lipinski definition) is 0. The van der Waals surface area contributed by atoms with Crippen molar-refractivity contribution in [3.05, 3.63) is 28.5 Å². The number of carbonyl (C=O) groups is 1. The van der Waals surface area contributed by atoms with Crippen molar-refractivity contribution >= 4 is 21.8 Å². The summed E-state index contributed by atoms with van der Waals surface area (Å²) in [6, 6.07) is 4.11. The zero-order valence-corrected chi connectivity index (χ0v) is 13.2. The van der Waals surface area contributed by atoms with Gasteiger partial charge in [0.1, 0.15) is 5.69 Å².